The second-order valence-corrected chi connectivity index (χ2v) is 3.09. The van der Waals surface area contributed by atoms with Crippen molar-refractivity contribution in [2.45, 2.75) is 6.42 Å². The number of carbonyl (C=O) groups is 1. The van der Waals surface area contributed by atoms with Gasteiger partial charge in [0.1, 0.15) is 0 Å². The molecule has 0 atom stereocenters. The number of esters is 1. The fraction of sp³-hybridized carbons (Fsp3) is 0.222. The number of rotatable bonds is 2. The SMILES string of the molecule is COC(=O)Cc1ccccc1.O=[PH](O)O. The number of hydrogen-bond donors (Lipinski definition) is 2. The first-order valence-electron chi connectivity index (χ1n) is 4.09. The second kappa shape index (κ2) is 8.17. The van der Waals surface area contributed by atoms with Gasteiger partial charge in [-0.05, 0) is 5.56 Å². The van der Waals surface area contributed by atoms with Crippen LogP contribution in [0.25, 0.3) is 0 Å². The molecule has 0 unspecified atom stereocenters. The molecule has 1 aromatic carbocycles. The molecular formula is C9H13O5P. The molecule has 1 rings (SSSR count). The van der Waals surface area contributed by atoms with Crippen LogP contribution in [0.1, 0.15) is 5.56 Å². The quantitative estimate of drug-likeness (QED) is 0.581. The summed E-state index contributed by atoms with van der Waals surface area (Å²) >= 11 is 0. The number of benzene rings is 1. The lowest BCUT2D eigenvalue weighted by Crippen LogP contribution is -2.03. The molecule has 0 radical (unpaired) electrons. The molecule has 0 aromatic heterocycles. The Hall–Kier alpha value is -1.16. The van der Waals surface area contributed by atoms with Crippen LogP contribution in [0.15, 0.2) is 30.3 Å². The first-order valence-corrected chi connectivity index (χ1v) is 5.39. The monoisotopic (exact) mass is 232 g/mol. The molecule has 0 saturated heterocycles. The number of methoxy groups -OCH3 is 1. The van der Waals surface area contributed by atoms with Crippen molar-refractivity contribution >= 4 is 14.2 Å². The molecule has 1 aromatic rings. The molecule has 0 fully saturated rings. The maximum Gasteiger partial charge on any atom is 0.314 e. The normalized spacial score (nSPS) is 9.07. The van der Waals surface area contributed by atoms with Crippen molar-refractivity contribution in [3.63, 3.8) is 0 Å². The fourth-order valence-electron chi connectivity index (χ4n) is 0.835. The van der Waals surface area contributed by atoms with E-state index >= 15 is 0 Å². The van der Waals surface area contributed by atoms with Crippen molar-refractivity contribution in [1.29, 1.82) is 0 Å². The third-order valence-electron chi connectivity index (χ3n) is 1.42. The Labute approximate surface area is 88.3 Å². The van der Waals surface area contributed by atoms with Gasteiger partial charge >= 0.3 is 14.2 Å². The summed E-state index contributed by atoms with van der Waals surface area (Å²) in [5.74, 6) is -0.198. The molecule has 0 heterocycles. The van der Waals surface area contributed by atoms with Crippen LogP contribution in [-0.4, -0.2) is 22.9 Å². The lowest BCUT2D eigenvalue weighted by atomic mass is 10.2. The van der Waals surface area contributed by atoms with Gasteiger partial charge in [0.05, 0.1) is 13.5 Å². The highest BCUT2D eigenvalue weighted by molar-refractivity contribution is 7.30. The first kappa shape index (κ1) is 13.8. The molecule has 6 heteroatoms. The highest BCUT2D eigenvalue weighted by Gasteiger charge is 1.99. The Morgan fingerprint density at radius 2 is 1.80 bits per heavy atom. The van der Waals surface area contributed by atoms with Gasteiger partial charge in [0.2, 0.25) is 0 Å². The van der Waals surface area contributed by atoms with Gasteiger partial charge in [0, 0.05) is 0 Å². The summed E-state index contributed by atoms with van der Waals surface area (Å²) in [6.45, 7) is 0. The Kier molecular flexibility index (Phi) is 7.54. The molecule has 84 valence electrons. The van der Waals surface area contributed by atoms with Crippen LogP contribution < -0.4 is 0 Å². The van der Waals surface area contributed by atoms with Crippen LogP contribution in [0.2, 0.25) is 0 Å². The van der Waals surface area contributed by atoms with Crippen molar-refractivity contribution in [3.05, 3.63) is 35.9 Å². The maximum atomic E-state index is 10.8. The van der Waals surface area contributed by atoms with Crippen molar-refractivity contribution < 1.29 is 23.9 Å². The van der Waals surface area contributed by atoms with E-state index < -0.39 is 8.25 Å². The van der Waals surface area contributed by atoms with Gasteiger partial charge in [-0.15, -0.1) is 0 Å². The van der Waals surface area contributed by atoms with Crippen LogP contribution in [0.4, 0.5) is 0 Å². The molecule has 0 amide bonds. The lowest BCUT2D eigenvalue weighted by Gasteiger charge is -1.97. The second-order valence-electron chi connectivity index (χ2n) is 2.52. The molecule has 2 N–H and O–H groups in total. The van der Waals surface area contributed by atoms with Gasteiger partial charge in [0.25, 0.3) is 0 Å². The largest absolute Gasteiger partial charge is 0.469 e. The zero-order valence-corrected chi connectivity index (χ0v) is 9.21. The molecule has 5 nitrogen and oxygen atoms in total. The van der Waals surface area contributed by atoms with E-state index in [9.17, 15) is 4.79 Å². The average molecular weight is 232 g/mol. The Morgan fingerprint density at radius 3 is 2.20 bits per heavy atom. The Bertz CT molecular complexity index is 308. The van der Waals surface area contributed by atoms with E-state index in [1.807, 2.05) is 30.3 Å². The minimum atomic E-state index is -3.13. The molecular weight excluding hydrogens is 219 g/mol. The lowest BCUT2D eigenvalue weighted by molar-refractivity contribution is -0.139. The molecule has 15 heavy (non-hydrogen) atoms. The van der Waals surface area contributed by atoms with Crippen LogP contribution in [0, 0.1) is 0 Å². The highest BCUT2D eigenvalue weighted by atomic mass is 31.1. The van der Waals surface area contributed by atoms with Gasteiger partial charge in [0.15, 0.2) is 0 Å². The smallest absolute Gasteiger partial charge is 0.314 e. The Balaban J connectivity index is 0.000000423. The van der Waals surface area contributed by atoms with Crippen molar-refractivity contribution in [3.8, 4) is 0 Å². The average Bonchev–Trinajstić information content (AvgIpc) is 2.18. The van der Waals surface area contributed by atoms with Gasteiger partial charge in [-0.2, -0.15) is 0 Å². The number of ether oxygens (including phenoxy) is 1. The number of carbonyl (C=O) groups excluding carboxylic acids is 1. The molecule has 0 bridgehead atoms. The fourth-order valence-corrected chi connectivity index (χ4v) is 0.835. The Morgan fingerprint density at radius 1 is 1.33 bits per heavy atom. The van der Waals surface area contributed by atoms with E-state index in [0.29, 0.717) is 6.42 Å². The molecule has 0 spiro atoms. The summed E-state index contributed by atoms with van der Waals surface area (Å²) < 4.78 is 13.3. The van der Waals surface area contributed by atoms with Crippen molar-refractivity contribution in [1.82, 2.24) is 0 Å². The van der Waals surface area contributed by atoms with E-state index in [-0.39, 0.29) is 5.97 Å². The minimum Gasteiger partial charge on any atom is -0.469 e. The van der Waals surface area contributed by atoms with E-state index in [4.69, 9.17) is 14.4 Å². The highest BCUT2D eigenvalue weighted by Crippen LogP contribution is 1.99. The standard InChI is InChI=1S/C9H10O2.H3O3P/c1-11-9(10)7-8-5-3-2-4-6-8;1-4(2)3/h2-6H,7H2,1H3;4H,(H2,1,2,3). The third-order valence-corrected chi connectivity index (χ3v) is 1.42. The van der Waals surface area contributed by atoms with Gasteiger partial charge < -0.3 is 14.5 Å². The minimum absolute atomic E-state index is 0.198. The zero-order valence-electron chi connectivity index (χ0n) is 8.21. The van der Waals surface area contributed by atoms with E-state index in [1.54, 1.807) is 0 Å². The van der Waals surface area contributed by atoms with Crippen LogP contribution in [-0.2, 0) is 20.5 Å². The summed E-state index contributed by atoms with van der Waals surface area (Å²) in [6, 6.07) is 9.52. The van der Waals surface area contributed by atoms with E-state index in [0.717, 1.165) is 5.56 Å². The third kappa shape index (κ3) is 9.15. The van der Waals surface area contributed by atoms with Crippen LogP contribution in [0.5, 0.6) is 0 Å². The summed E-state index contributed by atoms with van der Waals surface area (Å²) in [6.07, 6.45) is 0.358. The van der Waals surface area contributed by atoms with Gasteiger partial charge in [-0.1, -0.05) is 30.3 Å². The summed E-state index contributed by atoms with van der Waals surface area (Å²) in [4.78, 5) is 25.1. The van der Waals surface area contributed by atoms with Crippen molar-refractivity contribution in [2.24, 2.45) is 0 Å². The molecule has 0 saturated carbocycles. The van der Waals surface area contributed by atoms with Crippen molar-refractivity contribution in [2.75, 3.05) is 7.11 Å². The van der Waals surface area contributed by atoms with E-state index in [1.165, 1.54) is 7.11 Å². The summed E-state index contributed by atoms with van der Waals surface area (Å²) in [5.41, 5.74) is 0.986. The van der Waals surface area contributed by atoms with Gasteiger partial charge in [-0.25, -0.2) is 0 Å². The zero-order chi connectivity index (χ0) is 11.7. The first-order chi connectivity index (χ1) is 7.06. The topological polar surface area (TPSA) is 83.8 Å². The summed E-state index contributed by atoms with van der Waals surface area (Å²) in [5, 5.41) is 0. The van der Waals surface area contributed by atoms with E-state index in [2.05, 4.69) is 4.74 Å². The maximum absolute atomic E-state index is 10.8. The number of hydrogen-bond acceptors (Lipinski definition) is 3. The van der Waals surface area contributed by atoms with Gasteiger partial charge in [-0.3, -0.25) is 9.36 Å². The van der Waals surface area contributed by atoms with Crippen LogP contribution in [0.3, 0.4) is 0 Å². The predicted molar refractivity (Wildman–Crippen MR) is 55.6 cm³/mol. The molecule has 0 aliphatic carbocycles. The predicted octanol–water partition coefficient (Wildman–Crippen LogP) is 0.763. The molecule has 0 aliphatic heterocycles. The summed E-state index contributed by atoms with van der Waals surface area (Å²) in [7, 11) is -1.74. The van der Waals surface area contributed by atoms with Crippen LogP contribution >= 0.6 is 8.25 Å². The molecule has 0 aliphatic rings.